The van der Waals surface area contributed by atoms with Gasteiger partial charge < -0.3 is 4.90 Å². The van der Waals surface area contributed by atoms with Crippen LogP contribution in [-0.2, 0) is 6.42 Å². The molecule has 1 unspecified atom stereocenters. The summed E-state index contributed by atoms with van der Waals surface area (Å²) in [5.74, 6) is -0.0751. The maximum Gasteiger partial charge on any atom is 0.126 e. The molecule has 0 saturated carbocycles. The Morgan fingerprint density at radius 3 is 2.71 bits per heavy atom. The Labute approximate surface area is 103 Å². The molecular weight excluding hydrogens is 215 g/mol. The molecule has 0 spiro atoms. The van der Waals surface area contributed by atoms with Gasteiger partial charge in [0.15, 0.2) is 0 Å². The monoisotopic (exact) mass is 234 g/mol. The Balaban J connectivity index is 2.41. The first-order valence-electron chi connectivity index (χ1n) is 5.99. The molecule has 1 aromatic carbocycles. The van der Waals surface area contributed by atoms with Gasteiger partial charge in [-0.25, -0.2) is 4.39 Å². The predicted molar refractivity (Wildman–Crippen MR) is 67.0 cm³/mol. The van der Waals surface area contributed by atoms with Crippen molar-refractivity contribution in [2.24, 2.45) is 5.92 Å². The minimum Gasteiger partial charge on any atom is -0.305 e. The third kappa shape index (κ3) is 4.54. The summed E-state index contributed by atoms with van der Waals surface area (Å²) in [4.78, 5) is 2.09. The minimum absolute atomic E-state index is 0.0700. The van der Waals surface area contributed by atoms with E-state index in [9.17, 15) is 4.39 Å². The highest BCUT2D eigenvalue weighted by atomic mass is 19.1. The summed E-state index contributed by atoms with van der Waals surface area (Å²) in [5, 5.41) is 8.87. The summed E-state index contributed by atoms with van der Waals surface area (Å²) < 4.78 is 13.4. The van der Waals surface area contributed by atoms with Crippen LogP contribution in [0.3, 0.4) is 0 Å². The molecule has 0 aliphatic heterocycles. The van der Waals surface area contributed by atoms with Crippen molar-refractivity contribution in [1.82, 2.24) is 4.90 Å². The molecule has 1 rings (SSSR count). The van der Waals surface area contributed by atoms with Gasteiger partial charge in [0, 0.05) is 13.1 Å². The summed E-state index contributed by atoms with van der Waals surface area (Å²) in [7, 11) is 1.97. The first kappa shape index (κ1) is 13.7. The van der Waals surface area contributed by atoms with Gasteiger partial charge in [-0.3, -0.25) is 0 Å². The average Bonchev–Trinajstić information content (AvgIpc) is 2.35. The lowest BCUT2D eigenvalue weighted by molar-refractivity contribution is 0.302. The maximum absolute atomic E-state index is 13.4. The van der Waals surface area contributed by atoms with E-state index in [4.69, 9.17) is 5.26 Å². The molecule has 0 N–H and O–H groups in total. The van der Waals surface area contributed by atoms with E-state index in [0.717, 1.165) is 25.1 Å². The summed E-state index contributed by atoms with van der Waals surface area (Å²) >= 11 is 0. The zero-order chi connectivity index (χ0) is 12.7. The van der Waals surface area contributed by atoms with Crippen molar-refractivity contribution in [2.75, 3.05) is 20.1 Å². The molecule has 0 bridgehead atoms. The highest BCUT2D eigenvalue weighted by molar-refractivity contribution is 5.17. The Bertz CT molecular complexity index is 384. The molecule has 17 heavy (non-hydrogen) atoms. The Kier molecular flexibility index (Phi) is 5.65. The van der Waals surface area contributed by atoms with Gasteiger partial charge in [-0.2, -0.15) is 5.26 Å². The van der Waals surface area contributed by atoms with E-state index in [0.29, 0.717) is 6.42 Å². The Morgan fingerprint density at radius 2 is 2.12 bits per heavy atom. The molecule has 2 nitrogen and oxygen atoms in total. The van der Waals surface area contributed by atoms with E-state index in [-0.39, 0.29) is 11.7 Å². The van der Waals surface area contributed by atoms with Gasteiger partial charge in [0.05, 0.1) is 12.0 Å². The first-order chi connectivity index (χ1) is 8.17. The van der Waals surface area contributed by atoms with Gasteiger partial charge in [0.1, 0.15) is 5.82 Å². The van der Waals surface area contributed by atoms with Crippen molar-refractivity contribution in [1.29, 1.82) is 5.26 Å². The number of nitrogens with zero attached hydrogens (tertiary/aromatic N) is 2. The molecule has 0 aliphatic carbocycles. The third-order valence-corrected chi connectivity index (χ3v) is 2.93. The molecule has 0 fully saturated rings. The summed E-state index contributed by atoms with van der Waals surface area (Å²) in [6.07, 6.45) is 1.55. The molecule has 1 atom stereocenters. The van der Waals surface area contributed by atoms with Crippen molar-refractivity contribution in [3.63, 3.8) is 0 Å². The maximum atomic E-state index is 13.4. The number of rotatable bonds is 6. The van der Waals surface area contributed by atoms with Crippen LogP contribution < -0.4 is 0 Å². The van der Waals surface area contributed by atoms with Gasteiger partial charge in [-0.1, -0.05) is 25.1 Å². The molecule has 92 valence electrons. The van der Waals surface area contributed by atoms with Crippen molar-refractivity contribution in [3.05, 3.63) is 35.6 Å². The number of hydrogen-bond donors (Lipinski definition) is 0. The van der Waals surface area contributed by atoms with Crippen molar-refractivity contribution < 1.29 is 4.39 Å². The largest absolute Gasteiger partial charge is 0.305 e. The predicted octanol–water partition coefficient (Wildman–Crippen LogP) is 2.85. The van der Waals surface area contributed by atoms with E-state index in [2.05, 4.69) is 11.0 Å². The Morgan fingerprint density at radius 1 is 1.41 bits per heavy atom. The van der Waals surface area contributed by atoms with Crippen LogP contribution in [0.5, 0.6) is 0 Å². The summed E-state index contributed by atoms with van der Waals surface area (Å²) in [5.41, 5.74) is 0.740. The molecule has 1 aromatic rings. The van der Waals surface area contributed by atoms with Crippen LogP contribution in [0.15, 0.2) is 24.3 Å². The van der Waals surface area contributed by atoms with Crippen molar-refractivity contribution >= 4 is 0 Å². The van der Waals surface area contributed by atoms with Crippen LogP contribution in [0.2, 0.25) is 0 Å². The van der Waals surface area contributed by atoms with E-state index >= 15 is 0 Å². The second-order valence-corrected chi connectivity index (χ2v) is 4.34. The molecule has 0 saturated heterocycles. The second-order valence-electron chi connectivity index (χ2n) is 4.34. The summed E-state index contributed by atoms with van der Waals surface area (Å²) in [6.45, 7) is 3.54. The van der Waals surface area contributed by atoms with Crippen LogP contribution in [0.4, 0.5) is 4.39 Å². The number of nitriles is 1. The molecule has 0 radical (unpaired) electrons. The highest BCUT2D eigenvalue weighted by Gasteiger charge is 2.09. The van der Waals surface area contributed by atoms with Crippen molar-refractivity contribution in [3.8, 4) is 6.07 Å². The van der Waals surface area contributed by atoms with Crippen LogP contribution in [0.25, 0.3) is 0 Å². The second kappa shape index (κ2) is 7.03. The minimum atomic E-state index is -0.145. The molecule has 3 heteroatoms. The number of hydrogen-bond acceptors (Lipinski definition) is 2. The lowest BCUT2D eigenvalue weighted by Gasteiger charge is -2.19. The molecule has 0 aromatic heterocycles. The lowest BCUT2D eigenvalue weighted by atomic mass is 10.1. The zero-order valence-corrected chi connectivity index (χ0v) is 10.5. The average molecular weight is 234 g/mol. The van der Waals surface area contributed by atoms with Gasteiger partial charge in [0.25, 0.3) is 0 Å². The van der Waals surface area contributed by atoms with Gasteiger partial charge >= 0.3 is 0 Å². The lowest BCUT2D eigenvalue weighted by Crippen LogP contribution is -2.27. The van der Waals surface area contributed by atoms with E-state index < -0.39 is 0 Å². The van der Waals surface area contributed by atoms with Crippen LogP contribution >= 0.6 is 0 Å². The fourth-order valence-electron chi connectivity index (χ4n) is 1.74. The van der Waals surface area contributed by atoms with Crippen LogP contribution in [0.1, 0.15) is 18.9 Å². The first-order valence-corrected chi connectivity index (χ1v) is 5.99. The zero-order valence-electron chi connectivity index (χ0n) is 10.5. The third-order valence-electron chi connectivity index (χ3n) is 2.93. The Hall–Kier alpha value is -1.40. The van der Waals surface area contributed by atoms with E-state index in [1.165, 1.54) is 6.07 Å². The number of benzene rings is 1. The van der Waals surface area contributed by atoms with E-state index in [1.807, 2.05) is 26.1 Å². The number of likely N-dealkylation sites (N-methyl/N-ethyl adjacent to an activating group) is 1. The summed E-state index contributed by atoms with van der Waals surface area (Å²) in [6, 6.07) is 9.12. The van der Waals surface area contributed by atoms with Gasteiger partial charge in [0.2, 0.25) is 0 Å². The highest BCUT2D eigenvalue weighted by Crippen LogP contribution is 2.08. The van der Waals surface area contributed by atoms with Crippen molar-refractivity contribution in [2.45, 2.75) is 19.8 Å². The molecule has 0 heterocycles. The van der Waals surface area contributed by atoms with Crippen LogP contribution in [0, 0.1) is 23.1 Å². The van der Waals surface area contributed by atoms with Crippen LogP contribution in [-0.4, -0.2) is 25.0 Å². The number of halogens is 1. The van der Waals surface area contributed by atoms with E-state index in [1.54, 1.807) is 6.07 Å². The topological polar surface area (TPSA) is 27.0 Å². The molecule has 0 aliphatic rings. The SMILES string of the molecule is CCC(C#N)CN(C)CCc1ccccc1F. The molecular formula is C14H19FN2. The smallest absolute Gasteiger partial charge is 0.126 e. The standard InChI is InChI=1S/C14H19FN2/c1-3-12(10-16)11-17(2)9-8-13-6-4-5-7-14(13)15/h4-7,12H,3,8-9,11H2,1-2H3. The quantitative estimate of drug-likeness (QED) is 0.756. The molecule has 0 amide bonds. The fraction of sp³-hybridized carbons (Fsp3) is 0.500. The fourth-order valence-corrected chi connectivity index (χ4v) is 1.74. The van der Waals surface area contributed by atoms with Gasteiger partial charge in [-0.05, 0) is 31.5 Å². The van der Waals surface area contributed by atoms with Gasteiger partial charge in [-0.15, -0.1) is 0 Å². The normalized spacial score (nSPS) is 12.4.